The molecule has 0 aliphatic rings. The molecule has 2 aromatic heterocycles. The van der Waals surface area contributed by atoms with Crippen LogP contribution in [0.15, 0.2) is 34.9 Å². The molecule has 0 aliphatic carbocycles. The molecule has 0 radical (unpaired) electrons. The first kappa shape index (κ1) is 14.6. The molecule has 0 amide bonds. The minimum absolute atomic E-state index is 0.262. The highest BCUT2D eigenvalue weighted by Gasteiger charge is 2.16. The number of nitrogens with zero attached hydrogens (tertiary/aromatic N) is 3. The van der Waals surface area contributed by atoms with Crippen LogP contribution in [0.4, 0.5) is 0 Å². The second-order valence-electron chi connectivity index (χ2n) is 4.31. The van der Waals surface area contributed by atoms with E-state index in [9.17, 15) is 0 Å². The summed E-state index contributed by atoms with van der Waals surface area (Å²) in [5.41, 5.74) is 2.26. The molecule has 0 atom stereocenters. The third-order valence-corrected chi connectivity index (χ3v) is 4.16. The Bertz CT molecular complexity index is 819. The fourth-order valence-corrected chi connectivity index (χ4v) is 2.88. The number of methoxy groups -OCH3 is 1. The number of pyridine rings is 1. The average Bonchev–Trinajstić information content (AvgIpc) is 2.85. The molecule has 0 bridgehead atoms. The number of rotatable bonds is 3. The van der Waals surface area contributed by atoms with Gasteiger partial charge in [-0.1, -0.05) is 11.6 Å². The van der Waals surface area contributed by atoms with Gasteiger partial charge < -0.3 is 4.74 Å². The van der Waals surface area contributed by atoms with Gasteiger partial charge in [0.15, 0.2) is 5.65 Å². The quantitative estimate of drug-likeness (QED) is 0.618. The zero-order valence-electron chi connectivity index (χ0n) is 11.0. The minimum Gasteiger partial charge on any atom is -0.497 e. The Morgan fingerprint density at radius 2 is 2.14 bits per heavy atom. The van der Waals surface area contributed by atoms with Crippen LogP contribution in [0.5, 0.6) is 5.75 Å². The molecule has 0 fully saturated rings. The third-order valence-electron chi connectivity index (χ3n) is 3.05. The summed E-state index contributed by atoms with van der Waals surface area (Å²) in [4.78, 5) is 8.86. The molecule has 0 saturated heterocycles. The summed E-state index contributed by atoms with van der Waals surface area (Å²) >= 11 is 15.5. The molecule has 3 aromatic rings. The van der Waals surface area contributed by atoms with Crippen molar-refractivity contribution in [1.29, 1.82) is 0 Å². The monoisotopic (exact) mass is 385 g/mol. The number of ether oxygens (including phenoxy) is 1. The number of aromatic nitrogens is 3. The van der Waals surface area contributed by atoms with Crippen LogP contribution in [-0.2, 0) is 5.88 Å². The van der Waals surface area contributed by atoms with Crippen molar-refractivity contribution >= 4 is 50.3 Å². The number of alkyl halides is 1. The Morgan fingerprint density at radius 1 is 1.33 bits per heavy atom. The Balaban J connectivity index is 2.33. The summed E-state index contributed by atoms with van der Waals surface area (Å²) in [5.74, 6) is 1.69. The van der Waals surface area contributed by atoms with Crippen molar-refractivity contribution in [3.63, 3.8) is 0 Å². The minimum atomic E-state index is 0.262. The Hall–Kier alpha value is -1.30. The zero-order chi connectivity index (χ0) is 15.0. The molecular formula is C14H10BrCl2N3O. The molecule has 21 heavy (non-hydrogen) atoms. The Labute approximate surface area is 139 Å². The number of benzene rings is 1. The van der Waals surface area contributed by atoms with Crippen LogP contribution in [0, 0.1) is 0 Å². The highest BCUT2D eigenvalue weighted by atomic mass is 79.9. The van der Waals surface area contributed by atoms with Crippen LogP contribution in [-0.4, -0.2) is 21.6 Å². The first-order valence-corrected chi connectivity index (χ1v) is 7.77. The summed E-state index contributed by atoms with van der Waals surface area (Å²) in [5, 5.41) is 0.540. The maximum atomic E-state index is 6.03. The molecule has 0 saturated carbocycles. The number of imidazole rings is 1. The molecule has 0 unspecified atom stereocenters. The summed E-state index contributed by atoms with van der Waals surface area (Å²) in [6.45, 7) is 0. The van der Waals surface area contributed by atoms with E-state index in [1.165, 1.54) is 0 Å². The highest BCUT2D eigenvalue weighted by Crippen LogP contribution is 2.30. The smallest absolute Gasteiger partial charge is 0.164 e. The lowest BCUT2D eigenvalue weighted by atomic mass is 10.3. The first-order chi connectivity index (χ1) is 10.1. The van der Waals surface area contributed by atoms with Crippen LogP contribution in [0.1, 0.15) is 5.82 Å². The molecule has 0 aliphatic heterocycles. The number of hydrogen-bond acceptors (Lipinski definition) is 3. The van der Waals surface area contributed by atoms with Gasteiger partial charge in [-0.05, 0) is 34.1 Å². The van der Waals surface area contributed by atoms with E-state index in [0.717, 1.165) is 15.9 Å². The van der Waals surface area contributed by atoms with Crippen molar-refractivity contribution in [2.24, 2.45) is 0 Å². The fourth-order valence-electron chi connectivity index (χ4n) is 2.12. The zero-order valence-corrected chi connectivity index (χ0v) is 14.1. The predicted octanol–water partition coefficient (Wildman–Crippen LogP) is 4.58. The molecule has 2 heterocycles. The van der Waals surface area contributed by atoms with E-state index in [1.807, 2.05) is 22.8 Å². The maximum Gasteiger partial charge on any atom is 0.164 e. The average molecular weight is 387 g/mol. The predicted molar refractivity (Wildman–Crippen MR) is 87.7 cm³/mol. The SMILES string of the molecule is COc1ccc(Br)c(-n2c(CCl)nc3cc(Cl)cnc32)c1. The van der Waals surface area contributed by atoms with E-state index < -0.39 is 0 Å². The van der Waals surface area contributed by atoms with E-state index in [0.29, 0.717) is 22.0 Å². The molecule has 7 heteroatoms. The molecule has 0 spiro atoms. The van der Waals surface area contributed by atoms with Crippen LogP contribution >= 0.6 is 39.1 Å². The van der Waals surface area contributed by atoms with E-state index in [2.05, 4.69) is 25.9 Å². The van der Waals surface area contributed by atoms with Gasteiger partial charge in [-0.3, -0.25) is 4.57 Å². The van der Waals surface area contributed by atoms with Crippen LogP contribution < -0.4 is 4.74 Å². The van der Waals surface area contributed by atoms with Gasteiger partial charge >= 0.3 is 0 Å². The van der Waals surface area contributed by atoms with Crippen molar-refractivity contribution in [3.8, 4) is 11.4 Å². The number of hydrogen-bond donors (Lipinski definition) is 0. The molecule has 108 valence electrons. The highest BCUT2D eigenvalue weighted by molar-refractivity contribution is 9.10. The first-order valence-electron chi connectivity index (χ1n) is 6.07. The molecule has 3 rings (SSSR count). The third kappa shape index (κ3) is 2.61. The van der Waals surface area contributed by atoms with E-state index in [1.54, 1.807) is 19.4 Å². The maximum absolute atomic E-state index is 6.03. The van der Waals surface area contributed by atoms with Gasteiger partial charge in [0.2, 0.25) is 0 Å². The molecule has 1 aromatic carbocycles. The van der Waals surface area contributed by atoms with Crippen molar-refractivity contribution < 1.29 is 4.74 Å². The van der Waals surface area contributed by atoms with Crippen molar-refractivity contribution in [1.82, 2.24) is 14.5 Å². The number of halogens is 3. The molecule has 4 nitrogen and oxygen atoms in total. The van der Waals surface area contributed by atoms with Crippen LogP contribution in [0.25, 0.3) is 16.9 Å². The topological polar surface area (TPSA) is 39.9 Å². The van der Waals surface area contributed by atoms with Gasteiger partial charge in [-0.15, -0.1) is 11.6 Å². The van der Waals surface area contributed by atoms with E-state index in [-0.39, 0.29) is 5.88 Å². The summed E-state index contributed by atoms with van der Waals surface area (Å²) in [6, 6.07) is 7.45. The standard InChI is InChI=1S/C14H10BrCl2N3O/c1-21-9-2-3-10(15)12(5-9)20-13(6-16)19-11-4-8(17)7-18-14(11)20/h2-5,7H,6H2,1H3. The summed E-state index contributed by atoms with van der Waals surface area (Å²) < 4.78 is 8.07. The van der Waals surface area contributed by atoms with Crippen LogP contribution in [0.3, 0.4) is 0 Å². The van der Waals surface area contributed by atoms with Gasteiger partial charge in [-0.25, -0.2) is 9.97 Å². The second kappa shape index (κ2) is 5.83. The second-order valence-corrected chi connectivity index (χ2v) is 5.87. The van der Waals surface area contributed by atoms with E-state index in [4.69, 9.17) is 27.9 Å². The number of fused-ring (bicyclic) bond motifs is 1. The van der Waals surface area contributed by atoms with Gasteiger partial charge in [0.05, 0.1) is 23.7 Å². The summed E-state index contributed by atoms with van der Waals surface area (Å²) in [7, 11) is 1.62. The lowest BCUT2D eigenvalue weighted by Gasteiger charge is -2.11. The Kier molecular flexibility index (Phi) is 4.06. The van der Waals surface area contributed by atoms with Gasteiger partial charge in [0.1, 0.15) is 17.1 Å². The van der Waals surface area contributed by atoms with Crippen molar-refractivity contribution in [3.05, 3.63) is 45.8 Å². The van der Waals surface area contributed by atoms with E-state index >= 15 is 0 Å². The molecule has 0 N–H and O–H groups in total. The largest absolute Gasteiger partial charge is 0.497 e. The van der Waals surface area contributed by atoms with Gasteiger partial charge in [0, 0.05) is 16.7 Å². The van der Waals surface area contributed by atoms with Crippen molar-refractivity contribution in [2.75, 3.05) is 7.11 Å². The lowest BCUT2D eigenvalue weighted by Crippen LogP contribution is -2.02. The molecular weight excluding hydrogens is 377 g/mol. The van der Waals surface area contributed by atoms with Crippen molar-refractivity contribution in [2.45, 2.75) is 5.88 Å². The van der Waals surface area contributed by atoms with Gasteiger partial charge in [-0.2, -0.15) is 0 Å². The summed E-state index contributed by atoms with van der Waals surface area (Å²) in [6.07, 6.45) is 1.59. The lowest BCUT2D eigenvalue weighted by molar-refractivity contribution is 0.414. The van der Waals surface area contributed by atoms with Gasteiger partial charge in [0.25, 0.3) is 0 Å². The normalized spacial score (nSPS) is 11.0. The fraction of sp³-hybridized carbons (Fsp3) is 0.143. The Morgan fingerprint density at radius 3 is 2.86 bits per heavy atom. The van der Waals surface area contributed by atoms with Crippen LogP contribution in [0.2, 0.25) is 5.02 Å².